The molecule has 0 spiro atoms. The molecular weight excluding hydrogens is 136 g/mol. The van der Waals surface area contributed by atoms with E-state index in [-0.39, 0.29) is 6.04 Å². The van der Waals surface area contributed by atoms with Crippen LogP contribution in [0.2, 0.25) is 0 Å². The summed E-state index contributed by atoms with van der Waals surface area (Å²) in [6.45, 7) is 3.97. The van der Waals surface area contributed by atoms with Crippen LogP contribution in [-0.2, 0) is 0 Å². The van der Waals surface area contributed by atoms with E-state index in [4.69, 9.17) is 11.5 Å². The van der Waals surface area contributed by atoms with E-state index in [9.17, 15) is 0 Å². The molecule has 1 aromatic rings. The lowest BCUT2D eigenvalue weighted by Crippen LogP contribution is -2.09. The monoisotopic (exact) mass is 150 g/mol. The standard InChI is InChI=1S/C9H14N2/c1-6-4-3-5-8(11)9(6)7(2)10/h3-5,7H,10-11H2,1-2H3/t7-/m0/s1. The highest BCUT2D eigenvalue weighted by atomic mass is 14.7. The van der Waals surface area contributed by atoms with Gasteiger partial charge in [0.25, 0.3) is 0 Å². The molecule has 2 heteroatoms. The zero-order valence-corrected chi connectivity index (χ0v) is 6.96. The normalized spacial score (nSPS) is 13.0. The van der Waals surface area contributed by atoms with Gasteiger partial charge < -0.3 is 11.5 Å². The molecule has 0 aliphatic heterocycles. The van der Waals surface area contributed by atoms with E-state index in [1.807, 2.05) is 32.0 Å². The van der Waals surface area contributed by atoms with Gasteiger partial charge in [-0.2, -0.15) is 0 Å². The van der Waals surface area contributed by atoms with E-state index in [1.54, 1.807) is 0 Å². The molecule has 60 valence electrons. The molecule has 1 atom stereocenters. The summed E-state index contributed by atoms with van der Waals surface area (Å²) >= 11 is 0. The molecule has 0 radical (unpaired) electrons. The third kappa shape index (κ3) is 1.52. The fourth-order valence-electron chi connectivity index (χ4n) is 1.33. The topological polar surface area (TPSA) is 52.0 Å². The maximum atomic E-state index is 5.74. The average molecular weight is 150 g/mol. The number of hydrogen-bond acceptors (Lipinski definition) is 2. The first kappa shape index (κ1) is 8.08. The zero-order chi connectivity index (χ0) is 8.43. The van der Waals surface area contributed by atoms with Gasteiger partial charge in [-0.05, 0) is 31.0 Å². The van der Waals surface area contributed by atoms with E-state index < -0.39 is 0 Å². The number of anilines is 1. The zero-order valence-electron chi connectivity index (χ0n) is 6.96. The van der Waals surface area contributed by atoms with Crippen molar-refractivity contribution in [1.82, 2.24) is 0 Å². The minimum Gasteiger partial charge on any atom is -0.398 e. The Labute approximate surface area is 67.2 Å². The summed E-state index contributed by atoms with van der Waals surface area (Å²) < 4.78 is 0. The summed E-state index contributed by atoms with van der Waals surface area (Å²) in [4.78, 5) is 0. The van der Waals surface area contributed by atoms with Gasteiger partial charge in [-0.1, -0.05) is 12.1 Å². The van der Waals surface area contributed by atoms with Gasteiger partial charge in [-0.15, -0.1) is 0 Å². The van der Waals surface area contributed by atoms with Crippen molar-refractivity contribution < 1.29 is 0 Å². The minimum absolute atomic E-state index is 0.0243. The Morgan fingerprint density at radius 1 is 1.36 bits per heavy atom. The van der Waals surface area contributed by atoms with Crippen LogP contribution < -0.4 is 11.5 Å². The smallest absolute Gasteiger partial charge is 0.0365 e. The Hall–Kier alpha value is -1.02. The fourth-order valence-corrected chi connectivity index (χ4v) is 1.33. The van der Waals surface area contributed by atoms with E-state index in [0.717, 1.165) is 11.3 Å². The second-order valence-corrected chi connectivity index (χ2v) is 2.87. The Morgan fingerprint density at radius 3 is 2.36 bits per heavy atom. The van der Waals surface area contributed by atoms with Crippen molar-refractivity contribution in [2.24, 2.45) is 5.73 Å². The summed E-state index contributed by atoms with van der Waals surface area (Å²) in [5.41, 5.74) is 14.5. The van der Waals surface area contributed by atoms with Gasteiger partial charge >= 0.3 is 0 Å². The van der Waals surface area contributed by atoms with Gasteiger partial charge in [0.2, 0.25) is 0 Å². The summed E-state index contributed by atoms with van der Waals surface area (Å²) in [7, 11) is 0. The highest BCUT2D eigenvalue weighted by Gasteiger charge is 2.05. The van der Waals surface area contributed by atoms with Gasteiger partial charge in [0, 0.05) is 11.7 Å². The first-order chi connectivity index (χ1) is 5.13. The van der Waals surface area contributed by atoms with Crippen LogP contribution in [0.15, 0.2) is 18.2 Å². The van der Waals surface area contributed by atoms with Crippen LogP contribution in [0.5, 0.6) is 0 Å². The molecule has 4 N–H and O–H groups in total. The van der Waals surface area contributed by atoms with Crippen LogP contribution >= 0.6 is 0 Å². The largest absolute Gasteiger partial charge is 0.398 e. The molecule has 1 rings (SSSR count). The molecule has 2 nitrogen and oxygen atoms in total. The van der Waals surface area contributed by atoms with Crippen LogP contribution in [0.1, 0.15) is 24.1 Å². The lowest BCUT2D eigenvalue weighted by molar-refractivity contribution is 0.813. The first-order valence-electron chi connectivity index (χ1n) is 3.73. The summed E-state index contributed by atoms with van der Waals surface area (Å²) in [5.74, 6) is 0. The van der Waals surface area contributed by atoms with Crippen molar-refractivity contribution in [2.75, 3.05) is 5.73 Å². The van der Waals surface area contributed by atoms with E-state index in [2.05, 4.69) is 0 Å². The van der Waals surface area contributed by atoms with Crippen LogP contribution in [0.4, 0.5) is 5.69 Å². The van der Waals surface area contributed by atoms with Crippen molar-refractivity contribution in [3.63, 3.8) is 0 Å². The molecule has 0 heterocycles. The van der Waals surface area contributed by atoms with Crippen LogP contribution in [0.25, 0.3) is 0 Å². The highest BCUT2D eigenvalue weighted by molar-refractivity contribution is 5.51. The van der Waals surface area contributed by atoms with E-state index in [1.165, 1.54) is 5.56 Å². The van der Waals surface area contributed by atoms with Crippen molar-refractivity contribution in [2.45, 2.75) is 19.9 Å². The van der Waals surface area contributed by atoms with Crippen molar-refractivity contribution in [1.29, 1.82) is 0 Å². The second-order valence-electron chi connectivity index (χ2n) is 2.87. The minimum atomic E-state index is 0.0243. The maximum Gasteiger partial charge on any atom is 0.0365 e. The highest BCUT2D eigenvalue weighted by Crippen LogP contribution is 2.21. The summed E-state index contributed by atoms with van der Waals surface area (Å²) in [5, 5.41) is 0. The number of nitrogens with two attached hydrogens (primary N) is 2. The van der Waals surface area contributed by atoms with Crippen molar-refractivity contribution in [3.8, 4) is 0 Å². The number of hydrogen-bond donors (Lipinski definition) is 2. The molecule has 0 aromatic heterocycles. The molecule has 0 saturated carbocycles. The van der Waals surface area contributed by atoms with Crippen LogP contribution in [-0.4, -0.2) is 0 Å². The lowest BCUT2D eigenvalue weighted by atomic mass is 10.0. The molecule has 0 amide bonds. The Morgan fingerprint density at radius 2 is 2.00 bits per heavy atom. The Bertz CT molecular complexity index is 233. The van der Waals surface area contributed by atoms with Gasteiger partial charge in [-0.25, -0.2) is 0 Å². The predicted octanol–water partition coefficient (Wildman–Crippen LogP) is 1.60. The molecule has 0 unspecified atom stereocenters. The molecular formula is C9H14N2. The molecule has 0 saturated heterocycles. The third-order valence-corrected chi connectivity index (χ3v) is 1.81. The molecule has 0 aliphatic carbocycles. The lowest BCUT2D eigenvalue weighted by Gasteiger charge is -2.11. The second kappa shape index (κ2) is 2.93. The number of aryl methyl sites for hydroxylation is 1. The quantitative estimate of drug-likeness (QED) is 0.597. The number of rotatable bonds is 1. The third-order valence-electron chi connectivity index (χ3n) is 1.81. The van der Waals surface area contributed by atoms with Gasteiger partial charge in [0.15, 0.2) is 0 Å². The molecule has 1 aromatic carbocycles. The molecule has 0 aliphatic rings. The maximum absolute atomic E-state index is 5.74. The van der Waals surface area contributed by atoms with Crippen molar-refractivity contribution in [3.05, 3.63) is 29.3 Å². The van der Waals surface area contributed by atoms with Gasteiger partial charge in [0.05, 0.1) is 0 Å². The number of benzene rings is 1. The van der Waals surface area contributed by atoms with Crippen molar-refractivity contribution >= 4 is 5.69 Å². The Kier molecular flexibility index (Phi) is 2.15. The van der Waals surface area contributed by atoms with E-state index >= 15 is 0 Å². The summed E-state index contributed by atoms with van der Waals surface area (Å²) in [6, 6.07) is 5.87. The molecule has 0 bridgehead atoms. The van der Waals surface area contributed by atoms with Gasteiger partial charge in [-0.3, -0.25) is 0 Å². The number of nitrogen functional groups attached to an aromatic ring is 1. The van der Waals surface area contributed by atoms with Crippen LogP contribution in [0.3, 0.4) is 0 Å². The summed E-state index contributed by atoms with van der Waals surface area (Å²) in [6.07, 6.45) is 0. The SMILES string of the molecule is Cc1cccc(N)c1[C@H](C)N. The van der Waals surface area contributed by atoms with Gasteiger partial charge in [0.1, 0.15) is 0 Å². The first-order valence-corrected chi connectivity index (χ1v) is 3.73. The van der Waals surface area contributed by atoms with Crippen LogP contribution in [0, 0.1) is 6.92 Å². The Balaban J connectivity index is 3.21. The average Bonchev–Trinajstić information content (AvgIpc) is 1.85. The van der Waals surface area contributed by atoms with E-state index in [0.29, 0.717) is 0 Å². The predicted molar refractivity (Wildman–Crippen MR) is 48.2 cm³/mol. The fraction of sp³-hybridized carbons (Fsp3) is 0.333. The molecule has 11 heavy (non-hydrogen) atoms. The molecule has 0 fully saturated rings.